The Kier molecular flexibility index (Phi) is 7.68. The summed E-state index contributed by atoms with van der Waals surface area (Å²) in [6, 6.07) is 4.70. The molecule has 2 aromatic heterocycles. The van der Waals surface area contributed by atoms with E-state index in [1.165, 1.54) is 18.3 Å². The summed E-state index contributed by atoms with van der Waals surface area (Å²) >= 11 is 0. The number of nitrogens with one attached hydrogen (secondary N) is 2. The lowest BCUT2D eigenvalue weighted by Gasteiger charge is -2.34. The van der Waals surface area contributed by atoms with Crippen LogP contribution in [0.4, 0.5) is 4.39 Å². The molecule has 2 saturated carbocycles. The van der Waals surface area contributed by atoms with Gasteiger partial charge in [0.2, 0.25) is 10.0 Å². The normalized spacial score (nSPS) is 24.0. The quantitative estimate of drug-likeness (QED) is 0.523. The Bertz CT molecular complexity index is 1150. The van der Waals surface area contributed by atoms with Gasteiger partial charge in [0, 0.05) is 49.9 Å². The largest absolute Gasteiger partial charge is 0.360 e. The third kappa shape index (κ3) is 6.49. The molecule has 196 valence electrons. The first-order chi connectivity index (χ1) is 17.4. The molecule has 9 nitrogen and oxygen atoms in total. The number of pyridine rings is 1. The Morgan fingerprint density at radius 3 is 2.50 bits per heavy atom. The Labute approximate surface area is 211 Å². The van der Waals surface area contributed by atoms with Gasteiger partial charge in [0.05, 0.1) is 11.4 Å². The number of sulfonamides is 1. The maximum atomic E-state index is 13.3. The van der Waals surface area contributed by atoms with Crippen molar-refractivity contribution in [1.82, 2.24) is 25.1 Å². The Hall–Kier alpha value is -2.37. The molecule has 2 aliphatic carbocycles. The van der Waals surface area contributed by atoms with Crippen LogP contribution in [-0.4, -0.2) is 59.7 Å². The summed E-state index contributed by atoms with van der Waals surface area (Å²) in [6.07, 6.45) is 8.28. The average molecular weight is 520 g/mol. The van der Waals surface area contributed by atoms with Crippen molar-refractivity contribution in [2.24, 2.45) is 5.92 Å². The zero-order chi connectivity index (χ0) is 25.1. The fourth-order valence-electron chi connectivity index (χ4n) is 5.23. The monoisotopic (exact) mass is 519 g/mol. The number of piperidine rings is 1. The molecule has 3 fully saturated rings. The molecule has 1 amide bonds. The number of hydrogen-bond acceptors (Lipinski definition) is 7. The zero-order valence-corrected chi connectivity index (χ0v) is 21.2. The third-order valence-corrected chi connectivity index (χ3v) is 9.61. The summed E-state index contributed by atoms with van der Waals surface area (Å²) in [6.45, 7) is 1.34. The van der Waals surface area contributed by atoms with Gasteiger partial charge in [-0.2, -0.15) is 0 Å². The zero-order valence-electron chi connectivity index (χ0n) is 20.4. The Morgan fingerprint density at radius 1 is 1.06 bits per heavy atom. The van der Waals surface area contributed by atoms with Crippen molar-refractivity contribution in [1.29, 1.82) is 0 Å². The number of hydrogen-bond donors (Lipinski definition) is 2. The first-order valence-electron chi connectivity index (χ1n) is 12.9. The Morgan fingerprint density at radius 2 is 1.81 bits per heavy atom. The predicted molar refractivity (Wildman–Crippen MR) is 131 cm³/mol. The third-order valence-electron chi connectivity index (χ3n) is 7.57. The van der Waals surface area contributed by atoms with E-state index in [0.29, 0.717) is 55.8 Å². The molecule has 1 aliphatic heterocycles. The number of halogens is 1. The van der Waals surface area contributed by atoms with Crippen molar-refractivity contribution in [2.45, 2.75) is 75.9 Å². The number of nitrogens with zero attached hydrogens (tertiary/aromatic N) is 3. The number of rotatable bonds is 9. The summed E-state index contributed by atoms with van der Waals surface area (Å²) in [5, 5.41) is 10.3. The molecule has 5 rings (SSSR count). The van der Waals surface area contributed by atoms with Crippen molar-refractivity contribution >= 4 is 15.9 Å². The molecular formula is C25H34FN5O4S. The highest BCUT2D eigenvalue weighted by molar-refractivity contribution is 7.89. The van der Waals surface area contributed by atoms with E-state index >= 15 is 0 Å². The average Bonchev–Trinajstić information content (AvgIpc) is 3.60. The van der Waals surface area contributed by atoms with Gasteiger partial charge >= 0.3 is 0 Å². The molecule has 36 heavy (non-hydrogen) atoms. The van der Waals surface area contributed by atoms with E-state index in [9.17, 15) is 17.6 Å². The van der Waals surface area contributed by atoms with Gasteiger partial charge in [0.15, 0.2) is 5.69 Å². The SMILES string of the molecule is O=C(NC1CCN(S(=O)(=O)CC2CCC(NCc3cc(F)ccn3)CC2)CC1)c1cc(C2CC2)on1. The van der Waals surface area contributed by atoms with Crippen LogP contribution in [0.1, 0.15) is 79.2 Å². The van der Waals surface area contributed by atoms with Crippen LogP contribution < -0.4 is 10.6 Å². The van der Waals surface area contributed by atoms with Crippen LogP contribution in [0.25, 0.3) is 0 Å². The van der Waals surface area contributed by atoms with Crippen molar-refractivity contribution in [2.75, 3.05) is 18.8 Å². The maximum Gasteiger partial charge on any atom is 0.273 e. The molecule has 1 saturated heterocycles. The molecule has 3 heterocycles. The highest BCUT2D eigenvalue weighted by Crippen LogP contribution is 2.40. The second-order valence-corrected chi connectivity index (χ2v) is 12.4. The second-order valence-electron chi connectivity index (χ2n) is 10.4. The standard InChI is InChI=1S/C25H34FN5O4S/c26-19-7-10-27-22(13-19)15-28-20-5-1-17(2-6-20)16-36(33,34)31-11-8-21(9-12-31)29-25(32)23-14-24(35-30-23)18-3-4-18/h7,10,13-14,17-18,20-21,28H,1-6,8-9,11-12,15-16H2,(H,29,32). The molecule has 0 atom stereocenters. The summed E-state index contributed by atoms with van der Waals surface area (Å²) < 4.78 is 46.3. The highest BCUT2D eigenvalue weighted by atomic mass is 32.2. The summed E-state index contributed by atoms with van der Waals surface area (Å²) in [5.41, 5.74) is 0.965. The number of carbonyl (C=O) groups is 1. The molecular weight excluding hydrogens is 485 g/mol. The van der Waals surface area contributed by atoms with Crippen LogP contribution in [0.3, 0.4) is 0 Å². The first-order valence-corrected chi connectivity index (χ1v) is 14.6. The highest BCUT2D eigenvalue weighted by Gasteiger charge is 2.33. The van der Waals surface area contributed by atoms with Gasteiger partial charge in [-0.1, -0.05) is 5.16 Å². The van der Waals surface area contributed by atoms with E-state index in [1.807, 2.05) is 0 Å². The lowest BCUT2D eigenvalue weighted by atomic mass is 9.87. The van der Waals surface area contributed by atoms with Crippen LogP contribution in [0.15, 0.2) is 28.9 Å². The Balaban J connectivity index is 1.02. The number of aromatic nitrogens is 2. The fraction of sp³-hybridized carbons (Fsp3) is 0.640. The van der Waals surface area contributed by atoms with E-state index in [1.54, 1.807) is 10.4 Å². The first kappa shape index (κ1) is 25.3. The van der Waals surface area contributed by atoms with Crippen molar-refractivity contribution < 1.29 is 22.1 Å². The van der Waals surface area contributed by atoms with Crippen molar-refractivity contribution in [3.05, 3.63) is 47.4 Å². The lowest BCUT2D eigenvalue weighted by molar-refractivity contribution is 0.0914. The summed E-state index contributed by atoms with van der Waals surface area (Å²) in [4.78, 5) is 16.7. The van der Waals surface area contributed by atoms with Gasteiger partial charge in [-0.15, -0.1) is 0 Å². The van der Waals surface area contributed by atoms with E-state index in [-0.39, 0.29) is 29.4 Å². The minimum atomic E-state index is -3.34. The summed E-state index contributed by atoms with van der Waals surface area (Å²) in [7, 11) is -3.34. The van der Waals surface area contributed by atoms with Crippen molar-refractivity contribution in [3.8, 4) is 0 Å². The minimum Gasteiger partial charge on any atom is -0.360 e. The second kappa shape index (κ2) is 10.9. The van der Waals surface area contributed by atoms with Crippen LogP contribution in [0.5, 0.6) is 0 Å². The van der Waals surface area contributed by atoms with E-state index in [4.69, 9.17) is 4.52 Å². The molecule has 11 heteroatoms. The molecule has 2 aromatic rings. The molecule has 0 unspecified atom stereocenters. The van der Waals surface area contributed by atoms with E-state index in [2.05, 4.69) is 20.8 Å². The van der Waals surface area contributed by atoms with Gasteiger partial charge in [0.25, 0.3) is 5.91 Å². The van der Waals surface area contributed by atoms with E-state index in [0.717, 1.165) is 44.3 Å². The van der Waals surface area contributed by atoms with E-state index < -0.39 is 10.0 Å². The van der Waals surface area contributed by atoms with Gasteiger partial charge in [-0.05, 0) is 69.4 Å². The smallest absolute Gasteiger partial charge is 0.273 e. The molecule has 0 bridgehead atoms. The van der Waals surface area contributed by atoms with Gasteiger partial charge in [0.1, 0.15) is 11.6 Å². The minimum absolute atomic E-state index is 0.0703. The number of carbonyl (C=O) groups excluding carboxylic acids is 1. The molecule has 0 aromatic carbocycles. The van der Waals surface area contributed by atoms with Crippen LogP contribution >= 0.6 is 0 Å². The topological polar surface area (TPSA) is 117 Å². The maximum absolute atomic E-state index is 13.3. The van der Waals surface area contributed by atoms with Crippen LogP contribution in [0.2, 0.25) is 0 Å². The van der Waals surface area contributed by atoms with Crippen LogP contribution in [0, 0.1) is 11.7 Å². The number of amides is 1. The molecule has 0 radical (unpaired) electrons. The summed E-state index contributed by atoms with van der Waals surface area (Å²) in [5.74, 6) is 0.937. The molecule has 0 spiro atoms. The van der Waals surface area contributed by atoms with Crippen LogP contribution in [-0.2, 0) is 16.6 Å². The molecule has 2 N–H and O–H groups in total. The van der Waals surface area contributed by atoms with Crippen molar-refractivity contribution in [3.63, 3.8) is 0 Å². The van der Waals surface area contributed by atoms with Gasteiger partial charge in [-0.25, -0.2) is 17.1 Å². The molecule has 3 aliphatic rings. The fourth-order valence-corrected chi connectivity index (χ4v) is 7.13. The van der Waals surface area contributed by atoms with Gasteiger partial charge in [-0.3, -0.25) is 9.78 Å². The predicted octanol–water partition coefficient (Wildman–Crippen LogP) is 2.96. The lowest BCUT2D eigenvalue weighted by Crippen LogP contribution is -2.47. The van der Waals surface area contributed by atoms with Gasteiger partial charge < -0.3 is 15.2 Å².